The Morgan fingerprint density at radius 3 is 2.77 bits per heavy atom. The molecule has 0 radical (unpaired) electrons. The number of piperidine rings is 1. The molecule has 6 nitrogen and oxygen atoms in total. The van der Waals surface area contributed by atoms with E-state index in [0.717, 1.165) is 31.3 Å². The number of guanidine groups is 1. The zero-order valence-electron chi connectivity index (χ0n) is 19.1. The fourth-order valence-corrected chi connectivity index (χ4v) is 5.13. The van der Waals surface area contributed by atoms with Gasteiger partial charge in [0.1, 0.15) is 0 Å². The van der Waals surface area contributed by atoms with E-state index in [1.807, 2.05) is 11.3 Å². The molecule has 2 unspecified atom stereocenters. The zero-order chi connectivity index (χ0) is 21.9. The Balaban J connectivity index is 1.56. The van der Waals surface area contributed by atoms with Crippen LogP contribution in [0.5, 0.6) is 0 Å². The van der Waals surface area contributed by atoms with Crippen LogP contribution in [0.1, 0.15) is 36.2 Å². The molecule has 31 heavy (non-hydrogen) atoms. The number of ether oxygens (including phenoxy) is 1. The van der Waals surface area contributed by atoms with Crippen molar-refractivity contribution in [2.45, 2.75) is 32.4 Å². The molecule has 0 spiro atoms. The maximum atomic E-state index is 5.08. The molecule has 0 amide bonds. The summed E-state index contributed by atoms with van der Waals surface area (Å²) in [6.45, 7) is 7.24. The van der Waals surface area contributed by atoms with E-state index < -0.39 is 0 Å². The Kier molecular flexibility index (Phi) is 9.65. The number of nitrogens with one attached hydrogen (secondary N) is 3. The number of hydrogen-bond acceptors (Lipinski definition) is 5. The van der Waals surface area contributed by atoms with E-state index in [4.69, 9.17) is 9.73 Å². The topological polar surface area (TPSA) is 60.9 Å². The molecule has 1 aliphatic rings. The number of anilines is 1. The molecule has 1 aliphatic heterocycles. The fourth-order valence-electron chi connectivity index (χ4n) is 4.15. The van der Waals surface area contributed by atoms with Gasteiger partial charge in [0.15, 0.2) is 5.96 Å². The molecule has 2 atom stereocenters. The second kappa shape index (κ2) is 12.7. The number of hydrogen-bond donors (Lipinski definition) is 3. The van der Waals surface area contributed by atoms with Gasteiger partial charge in [-0.3, -0.25) is 4.90 Å². The smallest absolute Gasteiger partial charge is 0.191 e. The van der Waals surface area contributed by atoms with E-state index in [-0.39, 0.29) is 0 Å². The third-order valence-corrected chi connectivity index (χ3v) is 6.67. The van der Waals surface area contributed by atoms with Gasteiger partial charge in [-0.2, -0.15) is 0 Å². The first-order valence-electron chi connectivity index (χ1n) is 11.3. The Morgan fingerprint density at radius 1 is 1.23 bits per heavy atom. The molecule has 0 aliphatic carbocycles. The van der Waals surface area contributed by atoms with Crippen molar-refractivity contribution >= 4 is 23.0 Å². The minimum absolute atomic E-state index is 0.488. The standard InChI is InChI=1S/C24H37N5OS/c1-4-25-24(27-17-19-9-11-21(12-10-19)26-13-15-30-3)28-18-20-7-5-14-29(2)23(20)22-8-6-16-31-22/h6,8-12,16,20,23,26H,4-5,7,13-15,17-18H2,1-3H3,(H2,25,27,28). The van der Waals surface area contributed by atoms with Crippen LogP contribution in [0.15, 0.2) is 46.8 Å². The fraction of sp³-hybridized carbons (Fsp3) is 0.542. The lowest BCUT2D eigenvalue weighted by Crippen LogP contribution is -2.44. The highest BCUT2D eigenvalue weighted by Crippen LogP contribution is 2.36. The maximum absolute atomic E-state index is 5.08. The normalized spacial score (nSPS) is 19.9. The number of benzene rings is 1. The number of aliphatic imine (C=N–C) groups is 1. The minimum atomic E-state index is 0.488. The SMILES string of the molecule is CCNC(=NCc1ccc(NCCOC)cc1)NCC1CCCN(C)C1c1cccs1. The zero-order valence-corrected chi connectivity index (χ0v) is 19.9. The maximum Gasteiger partial charge on any atom is 0.191 e. The van der Waals surface area contributed by atoms with E-state index in [2.05, 4.69) is 76.6 Å². The van der Waals surface area contributed by atoms with E-state index in [9.17, 15) is 0 Å². The molecule has 3 rings (SSSR count). The Bertz CT molecular complexity index is 778. The lowest BCUT2D eigenvalue weighted by Gasteiger charge is -2.39. The van der Waals surface area contributed by atoms with Gasteiger partial charge in [-0.15, -0.1) is 11.3 Å². The van der Waals surface area contributed by atoms with Crippen LogP contribution in [-0.2, 0) is 11.3 Å². The van der Waals surface area contributed by atoms with Gasteiger partial charge in [-0.05, 0) is 68.4 Å². The highest BCUT2D eigenvalue weighted by Gasteiger charge is 2.31. The predicted octanol–water partition coefficient (Wildman–Crippen LogP) is 3.94. The van der Waals surface area contributed by atoms with Crippen molar-refractivity contribution in [2.75, 3.05) is 52.3 Å². The quantitative estimate of drug-likeness (QED) is 0.295. The van der Waals surface area contributed by atoms with Gasteiger partial charge in [-0.1, -0.05) is 18.2 Å². The molecule has 1 saturated heterocycles. The highest BCUT2D eigenvalue weighted by atomic mass is 32.1. The van der Waals surface area contributed by atoms with Crippen molar-refractivity contribution < 1.29 is 4.74 Å². The van der Waals surface area contributed by atoms with E-state index in [0.29, 0.717) is 25.1 Å². The van der Waals surface area contributed by atoms with Gasteiger partial charge >= 0.3 is 0 Å². The molecule has 1 aromatic heterocycles. The molecule has 0 saturated carbocycles. The summed E-state index contributed by atoms with van der Waals surface area (Å²) in [5.74, 6) is 1.47. The Morgan fingerprint density at radius 2 is 2.06 bits per heavy atom. The summed E-state index contributed by atoms with van der Waals surface area (Å²) in [5.41, 5.74) is 2.30. The third-order valence-electron chi connectivity index (χ3n) is 5.73. The molecule has 2 aromatic rings. The van der Waals surface area contributed by atoms with Gasteiger partial charge < -0.3 is 20.7 Å². The average Bonchev–Trinajstić information content (AvgIpc) is 3.31. The summed E-state index contributed by atoms with van der Waals surface area (Å²) in [6.07, 6.45) is 2.50. The lowest BCUT2D eigenvalue weighted by molar-refractivity contribution is 0.125. The van der Waals surface area contributed by atoms with E-state index >= 15 is 0 Å². The number of rotatable bonds is 10. The monoisotopic (exact) mass is 443 g/mol. The molecule has 2 heterocycles. The number of nitrogens with zero attached hydrogens (tertiary/aromatic N) is 2. The molecule has 1 aromatic carbocycles. The van der Waals surface area contributed by atoms with Gasteiger partial charge in [0.25, 0.3) is 0 Å². The lowest BCUT2D eigenvalue weighted by atomic mass is 9.88. The van der Waals surface area contributed by atoms with Crippen molar-refractivity contribution in [3.8, 4) is 0 Å². The van der Waals surface area contributed by atoms with Crippen LogP contribution in [0.25, 0.3) is 0 Å². The Hall–Kier alpha value is -2.09. The average molecular weight is 444 g/mol. The highest BCUT2D eigenvalue weighted by molar-refractivity contribution is 7.10. The molecule has 170 valence electrons. The number of likely N-dealkylation sites (tertiary alicyclic amines) is 1. The molecular weight excluding hydrogens is 406 g/mol. The van der Waals surface area contributed by atoms with Crippen LogP contribution < -0.4 is 16.0 Å². The number of thiophene rings is 1. The van der Waals surface area contributed by atoms with Gasteiger partial charge in [-0.25, -0.2) is 4.99 Å². The summed E-state index contributed by atoms with van der Waals surface area (Å²) in [7, 11) is 3.97. The van der Waals surface area contributed by atoms with Crippen molar-refractivity contribution in [2.24, 2.45) is 10.9 Å². The molecule has 3 N–H and O–H groups in total. The van der Waals surface area contributed by atoms with E-state index in [1.165, 1.54) is 29.8 Å². The van der Waals surface area contributed by atoms with Gasteiger partial charge in [0, 0.05) is 43.4 Å². The van der Waals surface area contributed by atoms with Crippen LogP contribution in [0.2, 0.25) is 0 Å². The van der Waals surface area contributed by atoms with Gasteiger partial charge in [0.2, 0.25) is 0 Å². The second-order valence-electron chi connectivity index (χ2n) is 8.04. The first-order chi connectivity index (χ1) is 15.2. The van der Waals surface area contributed by atoms with Crippen LogP contribution in [-0.4, -0.2) is 57.8 Å². The van der Waals surface area contributed by atoms with Crippen molar-refractivity contribution in [3.05, 3.63) is 52.2 Å². The van der Waals surface area contributed by atoms with Gasteiger partial charge in [0.05, 0.1) is 13.2 Å². The third kappa shape index (κ3) is 7.23. The summed E-state index contributed by atoms with van der Waals surface area (Å²) < 4.78 is 5.08. The van der Waals surface area contributed by atoms with Crippen LogP contribution >= 0.6 is 11.3 Å². The minimum Gasteiger partial charge on any atom is -0.383 e. The van der Waals surface area contributed by atoms with Crippen LogP contribution in [0.4, 0.5) is 5.69 Å². The summed E-state index contributed by atoms with van der Waals surface area (Å²) in [6, 6.07) is 13.4. The van der Waals surface area contributed by atoms with Crippen molar-refractivity contribution in [3.63, 3.8) is 0 Å². The molecular formula is C24H37N5OS. The van der Waals surface area contributed by atoms with Crippen molar-refractivity contribution in [1.29, 1.82) is 0 Å². The predicted molar refractivity (Wildman–Crippen MR) is 132 cm³/mol. The molecule has 1 fully saturated rings. The number of methoxy groups -OCH3 is 1. The largest absolute Gasteiger partial charge is 0.383 e. The molecule has 0 bridgehead atoms. The van der Waals surface area contributed by atoms with E-state index in [1.54, 1.807) is 7.11 Å². The van der Waals surface area contributed by atoms with Crippen LogP contribution in [0, 0.1) is 5.92 Å². The summed E-state index contributed by atoms with van der Waals surface area (Å²) in [4.78, 5) is 8.80. The first kappa shape index (κ1) is 23.6. The summed E-state index contributed by atoms with van der Waals surface area (Å²) in [5, 5.41) is 12.5. The second-order valence-corrected chi connectivity index (χ2v) is 9.02. The first-order valence-corrected chi connectivity index (χ1v) is 12.2. The van der Waals surface area contributed by atoms with Crippen LogP contribution in [0.3, 0.4) is 0 Å². The Labute approximate surface area is 191 Å². The summed E-state index contributed by atoms with van der Waals surface area (Å²) >= 11 is 1.87. The van der Waals surface area contributed by atoms with Crippen molar-refractivity contribution in [1.82, 2.24) is 15.5 Å². The molecule has 7 heteroatoms.